The van der Waals surface area contributed by atoms with Crippen LogP contribution in [0.15, 0.2) is 35.3 Å². The van der Waals surface area contributed by atoms with Gasteiger partial charge in [-0.3, -0.25) is 4.99 Å². The average Bonchev–Trinajstić information content (AvgIpc) is 2.52. The van der Waals surface area contributed by atoms with Crippen LogP contribution < -0.4 is 15.5 Å². The predicted molar refractivity (Wildman–Crippen MR) is 98.0 cm³/mol. The summed E-state index contributed by atoms with van der Waals surface area (Å²) in [4.78, 5) is 6.33. The standard InChI is InChI=1S/C16H28N4O2S/c1-14(10-13-23(4,21)22)19-16(17-2)18-11-12-20(3)15-8-6-5-7-9-15/h5-9,14H,10-13H2,1-4H3,(H2,17,18,19). The Kier molecular flexibility index (Phi) is 7.88. The number of aliphatic imine (C=N–C) groups is 1. The van der Waals surface area contributed by atoms with Crippen LogP contribution in [-0.4, -0.2) is 59.6 Å². The molecule has 0 saturated carbocycles. The van der Waals surface area contributed by atoms with Gasteiger partial charge in [-0.25, -0.2) is 8.42 Å². The topological polar surface area (TPSA) is 73.8 Å². The summed E-state index contributed by atoms with van der Waals surface area (Å²) in [6.07, 6.45) is 1.82. The second kappa shape index (κ2) is 9.39. The molecule has 1 aromatic carbocycles. The van der Waals surface area contributed by atoms with E-state index in [1.807, 2.05) is 32.2 Å². The van der Waals surface area contributed by atoms with Crippen molar-refractivity contribution in [2.45, 2.75) is 19.4 Å². The Balaban J connectivity index is 2.34. The lowest BCUT2D eigenvalue weighted by Crippen LogP contribution is -2.45. The number of likely N-dealkylation sites (N-methyl/N-ethyl adjacent to an activating group) is 1. The van der Waals surface area contributed by atoms with Crippen LogP contribution in [0.25, 0.3) is 0 Å². The van der Waals surface area contributed by atoms with Gasteiger partial charge in [-0.05, 0) is 25.5 Å². The van der Waals surface area contributed by atoms with Crippen LogP contribution in [0.1, 0.15) is 13.3 Å². The number of anilines is 1. The normalized spacial score (nSPS) is 13.5. The van der Waals surface area contributed by atoms with Gasteiger partial charge in [-0.15, -0.1) is 0 Å². The first kappa shape index (κ1) is 19.3. The van der Waals surface area contributed by atoms with Crippen molar-refractivity contribution in [3.63, 3.8) is 0 Å². The molecule has 0 spiro atoms. The molecule has 0 bridgehead atoms. The molecule has 7 heteroatoms. The van der Waals surface area contributed by atoms with E-state index in [1.54, 1.807) is 7.05 Å². The van der Waals surface area contributed by atoms with Gasteiger partial charge in [0.1, 0.15) is 9.84 Å². The minimum Gasteiger partial charge on any atom is -0.373 e. The van der Waals surface area contributed by atoms with Crippen LogP contribution in [-0.2, 0) is 9.84 Å². The predicted octanol–water partition coefficient (Wildman–Crippen LogP) is 1.11. The maximum Gasteiger partial charge on any atom is 0.191 e. The van der Waals surface area contributed by atoms with E-state index in [1.165, 1.54) is 11.9 Å². The Morgan fingerprint density at radius 2 is 1.96 bits per heavy atom. The second-order valence-corrected chi connectivity index (χ2v) is 7.98. The average molecular weight is 340 g/mol. The van der Waals surface area contributed by atoms with Crippen molar-refractivity contribution in [1.29, 1.82) is 0 Å². The lowest BCUT2D eigenvalue weighted by molar-refractivity contribution is 0.581. The van der Waals surface area contributed by atoms with Crippen molar-refractivity contribution < 1.29 is 8.42 Å². The van der Waals surface area contributed by atoms with E-state index in [0.29, 0.717) is 12.4 Å². The molecule has 1 aromatic rings. The Labute approximate surface area is 139 Å². The van der Waals surface area contributed by atoms with E-state index >= 15 is 0 Å². The summed E-state index contributed by atoms with van der Waals surface area (Å²) in [6.45, 7) is 3.53. The van der Waals surface area contributed by atoms with Gasteiger partial charge in [-0.1, -0.05) is 18.2 Å². The maximum atomic E-state index is 11.2. The SMILES string of the molecule is CN=C(NCCN(C)c1ccccc1)NC(C)CCS(C)(=O)=O. The third-order valence-corrected chi connectivity index (χ3v) is 4.44. The van der Waals surface area contributed by atoms with Crippen LogP contribution in [0, 0.1) is 0 Å². The van der Waals surface area contributed by atoms with Gasteiger partial charge in [0.25, 0.3) is 0 Å². The van der Waals surface area contributed by atoms with E-state index in [0.717, 1.165) is 13.1 Å². The summed E-state index contributed by atoms with van der Waals surface area (Å²) in [5.41, 5.74) is 1.17. The highest BCUT2D eigenvalue weighted by molar-refractivity contribution is 7.90. The molecule has 0 fully saturated rings. The molecule has 0 aliphatic heterocycles. The number of nitrogens with one attached hydrogen (secondary N) is 2. The van der Waals surface area contributed by atoms with Gasteiger partial charge in [0.05, 0.1) is 5.75 Å². The van der Waals surface area contributed by atoms with Gasteiger partial charge in [0.2, 0.25) is 0 Å². The highest BCUT2D eigenvalue weighted by atomic mass is 32.2. The van der Waals surface area contributed by atoms with Crippen LogP contribution in [0.5, 0.6) is 0 Å². The fourth-order valence-electron chi connectivity index (χ4n) is 2.04. The third kappa shape index (κ3) is 8.44. The van der Waals surface area contributed by atoms with Gasteiger partial charge >= 0.3 is 0 Å². The first-order valence-electron chi connectivity index (χ1n) is 7.73. The number of sulfone groups is 1. The number of rotatable bonds is 8. The summed E-state index contributed by atoms with van der Waals surface area (Å²) in [6, 6.07) is 10.2. The summed E-state index contributed by atoms with van der Waals surface area (Å²) in [5, 5.41) is 6.45. The van der Waals surface area contributed by atoms with Crippen molar-refractivity contribution in [3.05, 3.63) is 30.3 Å². The molecule has 0 aromatic heterocycles. The van der Waals surface area contributed by atoms with Gasteiger partial charge in [0.15, 0.2) is 5.96 Å². The zero-order valence-corrected chi connectivity index (χ0v) is 15.2. The van der Waals surface area contributed by atoms with Crippen LogP contribution in [0.4, 0.5) is 5.69 Å². The fourth-order valence-corrected chi connectivity index (χ4v) is 2.83. The highest BCUT2D eigenvalue weighted by Crippen LogP contribution is 2.09. The third-order valence-electron chi connectivity index (χ3n) is 3.47. The fraction of sp³-hybridized carbons (Fsp3) is 0.562. The van der Waals surface area contributed by atoms with E-state index in [2.05, 4.69) is 32.7 Å². The molecule has 1 unspecified atom stereocenters. The van der Waals surface area contributed by atoms with E-state index < -0.39 is 9.84 Å². The quantitative estimate of drug-likeness (QED) is 0.548. The maximum absolute atomic E-state index is 11.2. The zero-order valence-electron chi connectivity index (χ0n) is 14.4. The molecule has 23 heavy (non-hydrogen) atoms. The lowest BCUT2D eigenvalue weighted by atomic mass is 10.3. The summed E-state index contributed by atoms with van der Waals surface area (Å²) in [5.74, 6) is 0.863. The molecule has 0 aliphatic carbocycles. The summed E-state index contributed by atoms with van der Waals surface area (Å²) >= 11 is 0. The monoisotopic (exact) mass is 340 g/mol. The van der Waals surface area contributed by atoms with Crippen molar-refractivity contribution in [2.75, 3.05) is 44.1 Å². The second-order valence-electron chi connectivity index (χ2n) is 5.72. The Morgan fingerprint density at radius 3 is 2.52 bits per heavy atom. The first-order valence-corrected chi connectivity index (χ1v) is 9.79. The number of para-hydroxylation sites is 1. The molecule has 0 amide bonds. The molecule has 130 valence electrons. The van der Waals surface area contributed by atoms with Crippen LogP contribution >= 0.6 is 0 Å². The Bertz CT molecular complexity index is 587. The van der Waals surface area contributed by atoms with Crippen molar-refractivity contribution >= 4 is 21.5 Å². The number of guanidine groups is 1. The molecular weight excluding hydrogens is 312 g/mol. The van der Waals surface area contributed by atoms with Crippen molar-refractivity contribution in [3.8, 4) is 0 Å². The van der Waals surface area contributed by atoms with Crippen molar-refractivity contribution in [2.24, 2.45) is 4.99 Å². The summed E-state index contributed by atoms with van der Waals surface area (Å²) in [7, 11) is 0.824. The first-order chi connectivity index (χ1) is 10.8. The minimum absolute atomic E-state index is 0.0442. The molecular formula is C16H28N4O2S. The molecule has 0 heterocycles. The molecule has 1 rings (SSSR count). The molecule has 0 saturated heterocycles. The molecule has 1 atom stereocenters. The molecule has 2 N–H and O–H groups in total. The van der Waals surface area contributed by atoms with Gasteiger partial charge in [-0.2, -0.15) is 0 Å². The van der Waals surface area contributed by atoms with Crippen LogP contribution in [0.2, 0.25) is 0 Å². The molecule has 0 aliphatic rings. The highest BCUT2D eigenvalue weighted by Gasteiger charge is 2.09. The number of hydrogen-bond acceptors (Lipinski definition) is 4. The van der Waals surface area contributed by atoms with Crippen LogP contribution in [0.3, 0.4) is 0 Å². The smallest absolute Gasteiger partial charge is 0.191 e. The number of benzene rings is 1. The molecule has 0 radical (unpaired) electrons. The van der Waals surface area contributed by atoms with Gasteiger partial charge in [0, 0.05) is 45.2 Å². The van der Waals surface area contributed by atoms with E-state index in [4.69, 9.17) is 0 Å². The zero-order chi connectivity index (χ0) is 17.3. The largest absolute Gasteiger partial charge is 0.373 e. The molecule has 6 nitrogen and oxygen atoms in total. The Hall–Kier alpha value is -1.76. The Morgan fingerprint density at radius 1 is 1.30 bits per heavy atom. The van der Waals surface area contributed by atoms with E-state index in [9.17, 15) is 8.42 Å². The summed E-state index contributed by atoms with van der Waals surface area (Å²) < 4.78 is 22.4. The number of hydrogen-bond donors (Lipinski definition) is 2. The van der Waals surface area contributed by atoms with E-state index in [-0.39, 0.29) is 11.8 Å². The van der Waals surface area contributed by atoms with Crippen molar-refractivity contribution in [1.82, 2.24) is 10.6 Å². The lowest BCUT2D eigenvalue weighted by Gasteiger charge is -2.21. The minimum atomic E-state index is -2.93. The number of nitrogens with zero attached hydrogens (tertiary/aromatic N) is 2. The van der Waals surface area contributed by atoms with Gasteiger partial charge < -0.3 is 15.5 Å².